The molecule has 0 radical (unpaired) electrons. The van der Waals surface area contributed by atoms with E-state index >= 15 is 0 Å². The molecule has 11 nitrogen and oxygen atoms in total. The van der Waals surface area contributed by atoms with Crippen LogP contribution in [0.3, 0.4) is 0 Å². The van der Waals surface area contributed by atoms with Gasteiger partial charge in [0.05, 0.1) is 35.8 Å². The third-order valence-electron chi connectivity index (χ3n) is 3.66. The first kappa shape index (κ1) is 21.8. The lowest BCUT2D eigenvalue weighted by Crippen LogP contribution is -2.41. The average molecular weight is 413 g/mol. The number of rotatable bonds is 11. The van der Waals surface area contributed by atoms with Gasteiger partial charge in [-0.15, -0.1) is 0 Å². The molecule has 0 saturated heterocycles. The van der Waals surface area contributed by atoms with Crippen LogP contribution in [0.5, 0.6) is 0 Å². The van der Waals surface area contributed by atoms with Crippen molar-refractivity contribution in [2.24, 2.45) is 0 Å². The maximum absolute atomic E-state index is 12.4. The van der Waals surface area contributed by atoms with Gasteiger partial charge in [0.15, 0.2) is 11.4 Å². The number of nitrogens with zero attached hydrogens (tertiary/aromatic N) is 2. The van der Waals surface area contributed by atoms with Gasteiger partial charge < -0.3 is 30.5 Å². The molecular weight excluding hydrogens is 394 g/mol. The molecule has 0 amide bonds. The Hall–Kier alpha value is -2.48. The van der Waals surface area contributed by atoms with E-state index in [1.54, 1.807) is 0 Å². The van der Waals surface area contributed by atoms with E-state index < -0.39 is 43.2 Å². The summed E-state index contributed by atoms with van der Waals surface area (Å²) in [4.78, 5) is 26.8. The molecule has 152 valence electrons. The lowest BCUT2D eigenvalue weighted by molar-refractivity contribution is -0.384. The molecule has 0 saturated carbocycles. The number of thiazole rings is 1. The van der Waals surface area contributed by atoms with Crippen molar-refractivity contribution in [2.45, 2.75) is 18.4 Å². The lowest BCUT2D eigenvalue weighted by atomic mass is 10.1. The standard InChI is InChI=1S/C16H19N3O8S/c20-6-11(23)12(7-21)27-14(8-22)18-16-17-5-13(28-16)15(24)9-1-3-10(4-2-9)19(25)26/h1-5,11-12,14,20-23H,6-8H2,(H,17,18)/t11-,12?,14-/m0/s1. The number of carbonyl (C=O) groups is 1. The second-order valence-corrected chi connectivity index (χ2v) is 6.62. The third kappa shape index (κ3) is 5.51. The van der Waals surface area contributed by atoms with Crippen LogP contribution >= 0.6 is 11.3 Å². The second-order valence-electron chi connectivity index (χ2n) is 5.59. The highest BCUT2D eigenvalue weighted by atomic mass is 32.1. The van der Waals surface area contributed by atoms with E-state index in [4.69, 9.17) is 9.84 Å². The summed E-state index contributed by atoms with van der Waals surface area (Å²) in [7, 11) is 0. The summed E-state index contributed by atoms with van der Waals surface area (Å²) < 4.78 is 5.29. The number of hydrogen-bond acceptors (Lipinski definition) is 11. The molecule has 3 atom stereocenters. The zero-order valence-corrected chi connectivity index (χ0v) is 15.3. The summed E-state index contributed by atoms with van der Waals surface area (Å²) in [6.07, 6.45) is -2.21. The van der Waals surface area contributed by atoms with Crippen molar-refractivity contribution < 1.29 is 34.9 Å². The van der Waals surface area contributed by atoms with Crippen LogP contribution in [0.25, 0.3) is 0 Å². The van der Waals surface area contributed by atoms with Crippen molar-refractivity contribution in [3.05, 3.63) is 51.0 Å². The van der Waals surface area contributed by atoms with Crippen molar-refractivity contribution in [3.8, 4) is 0 Å². The number of aromatic nitrogens is 1. The molecule has 0 aliphatic rings. The Kier molecular flexibility index (Phi) is 7.92. The van der Waals surface area contributed by atoms with Gasteiger partial charge in [-0.3, -0.25) is 14.9 Å². The number of nitro benzene ring substituents is 1. The average Bonchev–Trinajstić information content (AvgIpc) is 3.18. The number of hydrogen-bond donors (Lipinski definition) is 5. The number of nitrogens with one attached hydrogen (secondary N) is 1. The number of benzene rings is 1. The number of aliphatic hydroxyl groups is 4. The highest BCUT2D eigenvalue weighted by Gasteiger charge is 2.23. The van der Waals surface area contributed by atoms with Crippen LogP contribution in [0.15, 0.2) is 30.5 Å². The normalized spacial score (nSPS) is 14.3. The molecule has 0 aliphatic heterocycles. The number of carbonyl (C=O) groups excluding carboxylic acids is 1. The Balaban J connectivity index is 2.05. The summed E-state index contributed by atoms with van der Waals surface area (Å²) in [5, 5.41) is 50.7. The number of ether oxygens (including phenoxy) is 1. The number of aliphatic hydroxyl groups excluding tert-OH is 4. The number of anilines is 1. The van der Waals surface area contributed by atoms with Gasteiger partial charge in [-0.2, -0.15) is 0 Å². The van der Waals surface area contributed by atoms with Gasteiger partial charge in [0.2, 0.25) is 5.78 Å². The summed E-state index contributed by atoms with van der Waals surface area (Å²) in [6.45, 7) is -1.74. The molecule has 0 fully saturated rings. The number of non-ortho nitro benzene ring substituents is 1. The molecule has 12 heteroatoms. The van der Waals surface area contributed by atoms with E-state index in [1.807, 2.05) is 0 Å². The minimum absolute atomic E-state index is 0.130. The summed E-state index contributed by atoms with van der Waals surface area (Å²) in [5.41, 5.74) is 0.122. The summed E-state index contributed by atoms with van der Waals surface area (Å²) >= 11 is 0.968. The molecule has 2 aromatic rings. The van der Waals surface area contributed by atoms with Gasteiger partial charge >= 0.3 is 0 Å². The molecule has 5 N–H and O–H groups in total. The van der Waals surface area contributed by atoms with Gasteiger partial charge in [0, 0.05) is 17.7 Å². The van der Waals surface area contributed by atoms with Gasteiger partial charge in [-0.25, -0.2) is 4.98 Å². The van der Waals surface area contributed by atoms with Gasteiger partial charge in [-0.05, 0) is 12.1 Å². The van der Waals surface area contributed by atoms with Crippen LogP contribution in [-0.2, 0) is 4.74 Å². The van der Waals surface area contributed by atoms with Crippen LogP contribution in [0.4, 0.5) is 10.8 Å². The van der Waals surface area contributed by atoms with Gasteiger partial charge in [-0.1, -0.05) is 11.3 Å². The fourth-order valence-electron chi connectivity index (χ4n) is 2.17. The molecule has 0 bridgehead atoms. The van der Waals surface area contributed by atoms with E-state index in [0.717, 1.165) is 11.3 Å². The Labute approximate surface area is 163 Å². The Morgan fingerprint density at radius 2 is 1.89 bits per heavy atom. The van der Waals surface area contributed by atoms with Gasteiger partial charge in [0.25, 0.3) is 5.69 Å². The Morgan fingerprint density at radius 1 is 1.21 bits per heavy atom. The number of nitro groups is 1. The molecule has 1 aromatic heterocycles. The molecule has 28 heavy (non-hydrogen) atoms. The van der Waals surface area contributed by atoms with E-state index in [0.29, 0.717) is 0 Å². The van der Waals surface area contributed by atoms with Crippen molar-refractivity contribution in [3.63, 3.8) is 0 Å². The molecular formula is C16H19N3O8S. The minimum Gasteiger partial charge on any atom is -0.394 e. The number of ketones is 1. The zero-order chi connectivity index (χ0) is 20.7. The van der Waals surface area contributed by atoms with Crippen molar-refractivity contribution in [1.82, 2.24) is 4.98 Å². The van der Waals surface area contributed by atoms with Crippen LogP contribution < -0.4 is 5.32 Å². The second kappa shape index (κ2) is 10.2. The summed E-state index contributed by atoms with van der Waals surface area (Å²) in [6, 6.07) is 5.14. The first-order valence-electron chi connectivity index (χ1n) is 8.07. The molecule has 1 unspecified atom stereocenters. The molecule has 0 spiro atoms. The molecule has 0 aliphatic carbocycles. The first-order chi connectivity index (χ1) is 13.4. The largest absolute Gasteiger partial charge is 0.394 e. The van der Waals surface area contributed by atoms with Crippen LogP contribution in [0.2, 0.25) is 0 Å². The molecule has 1 aromatic carbocycles. The highest BCUT2D eigenvalue weighted by Crippen LogP contribution is 2.23. The predicted octanol–water partition coefficient (Wildman–Crippen LogP) is -0.257. The lowest BCUT2D eigenvalue weighted by Gasteiger charge is -2.25. The smallest absolute Gasteiger partial charge is 0.269 e. The monoisotopic (exact) mass is 413 g/mol. The van der Waals surface area contributed by atoms with Crippen LogP contribution in [-0.4, -0.2) is 74.4 Å². The minimum atomic E-state index is -1.34. The topological polar surface area (TPSA) is 175 Å². The highest BCUT2D eigenvalue weighted by molar-refractivity contribution is 7.17. The van der Waals surface area contributed by atoms with Gasteiger partial charge in [0.1, 0.15) is 12.2 Å². The first-order valence-corrected chi connectivity index (χ1v) is 8.88. The fourth-order valence-corrected chi connectivity index (χ4v) is 2.99. The van der Waals surface area contributed by atoms with E-state index in [-0.39, 0.29) is 27.0 Å². The van der Waals surface area contributed by atoms with Crippen molar-refractivity contribution >= 4 is 27.9 Å². The Bertz CT molecular complexity index is 797. The fraction of sp³-hybridized carbons (Fsp3) is 0.375. The zero-order valence-electron chi connectivity index (χ0n) is 14.5. The molecule has 2 rings (SSSR count). The van der Waals surface area contributed by atoms with Crippen molar-refractivity contribution in [1.29, 1.82) is 0 Å². The van der Waals surface area contributed by atoms with Crippen LogP contribution in [0.1, 0.15) is 15.2 Å². The quantitative estimate of drug-likeness (QED) is 0.143. The van der Waals surface area contributed by atoms with E-state index in [9.17, 15) is 30.2 Å². The van der Waals surface area contributed by atoms with E-state index in [2.05, 4.69) is 10.3 Å². The maximum Gasteiger partial charge on any atom is 0.269 e. The van der Waals surface area contributed by atoms with Crippen LogP contribution in [0, 0.1) is 10.1 Å². The Morgan fingerprint density at radius 3 is 2.43 bits per heavy atom. The summed E-state index contributed by atoms with van der Waals surface area (Å²) in [5.74, 6) is -0.383. The predicted molar refractivity (Wildman–Crippen MR) is 98.2 cm³/mol. The molecule has 1 heterocycles. The SMILES string of the molecule is O=C(c1ccc([N+](=O)[O-])cc1)c1cnc(N[C@H](CO)OC(CO)[C@@H](O)CO)s1. The maximum atomic E-state index is 12.4. The van der Waals surface area contributed by atoms with Crippen molar-refractivity contribution in [2.75, 3.05) is 25.1 Å². The third-order valence-corrected chi connectivity index (χ3v) is 4.58. The van der Waals surface area contributed by atoms with E-state index in [1.165, 1.54) is 30.5 Å².